The summed E-state index contributed by atoms with van der Waals surface area (Å²) in [5.41, 5.74) is -6.15. The predicted molar refractivity (Wildman–Crippen MR) is 101 cm³/mol. The second-order valence-corrected chi connectivity index (χ2v) is 9.17. The van der Waals surface area contributed by atoms with Gasteiger partial charge in [0, 0.05) is 24.6 Å². The summed E-state index contributed by atoms with van der Waals surface area (Å²) in [6.07, 6.45) is -10.4. The van der Waals surface area contributed by atoms with E-state index in [2.05, 4.69) is 0 Å². The number of carboxylic acid groups (broad SMARTS) is 1. The van der Waals surface area contributed by atoms with Crippen molar-refractivity contribution in [2.45, 2.75) is 56.0 Å². The number of aryl methyl sites for hydroxylation is 1. The fraction of sp³-hybridized carbons (Fsp3) is 0.636. The Bertz CT molecular complexity index is 944. The van der Waals surface area contributed by atoms with E-state index in [0.717, 1.165) is 6.07 Å². The largest absolute Gasteiger partial charge is 0.481 e. The molecule has 1 saturated carbocycles. The van der Waals surface area contributed by atoms with E-state index in [1.54, 1.807) is 0 Å². The third kappa shape index (κ3) is 3.77. The van der Waals surface area contributed by atoms with Gasteiger partial charge in [-0.25, -0.2) is 4.39 Å². The number of fused-ring (bicyclic) bond motifs is 3. The van der Waals surface area contributed by atoms with Crippen molar-refractivity contribution in [3.8, 4) is 0 Å². The van der Waals surface area contributed by atoms with Gasteiger partial charge < -0.3 is 10.0 Å². The van der Waals surface area contributed by atoms with Gasteiger partial charge in [0.1, 0.15) is 0 Å². The second kappa shape index (κ2) is 7.87. The molecule has 0 radical (unpaired) electrons. The molecular weight excluding hydrogens is 459 g/mol. The van der Waals surface area contributed by atoms with Crippen LogP contribution in [0.4, 0.5) is 30.7 Å². The van der Waals surface area contributed by atoms with Crippen LogP contribution in [0.25, 0.3) is 0 Å². The molecule has 33 heavy (non-hydrogen) atoms. The summed E-state index contributed by atoms with van der Waals surface area (Å²) >= 11 is 0. The maximum atomic E-state index is 14.5. The van der Waals surface area contributed by atoms with Crippen molar-refractivity contribution in [1.82, 2.24) is 4.90 Å². The average Bonchev–Trinajstić information content (AvgIpc) is 3.38. The maximum Gasteiger partial charge on any atom is 0.435 e. The highest BCUT2D eigenvalue weighted by molar-refractivity contribution is 5.81. The number of hydrogen-bond donors (Lipinski definition) is 1. The normalized spacial score (nSPS) is 27.9. The molecule has 1 N–H and O–H groups in total. The summed E-state index contributed by atoms with van der Waals surface area (Å²) in [6, 6.07) is 2.35. The molecule has 2 fully saturated rings. The standard InChI is InChI=1S/C22H22F7NO3/c23-20(21(24,25)26,22(27,28)29)13-2-4-14-11(9-13)1-3-16-15(14)5-6-17(16)18(31)30-8-7-12(10-30)19(32)33/h2,4,9,12,15-17H,1,3,5-8,10H2,(H,32,33)/t12?,15-,16+,17+/m0/s1. The Morgan fingerprint density at radius 3 is 2.18 bits per heavy atom. The number of amides is 1. The lowest BCUT2D eigenvalue weighted by molar-refractivity contribution is -0.348. The van der Waals surface area contributed by atoms with Gasteiger partial charge in [-0.3, -0.25) is 9.59 Å². The van der Waals surface area contributed by atoms with Crippen LogP contribution in [-0.4, -0.2) is 47.3 Å². The van der Waals surface area contributed by atoms with Crippen molar-refractivity contribution >= 4 is 11.9 Å². The van der Waals surface area contributed by atoms with Gasteiger partial charge in [0.2, 0.25) is 5.91 Å². The average molecular weight is 481 g/mol. The molecule has 182 valence electrons. The van der Waals surface area contributed by atoms with Crippen molar-refractivity contribution in [1.29, 1.82) is 0 Å². The third-order valence-electron chi connectivity index (χ3n) is 7.46. The molecule has 1 amide bonds. The zero-order valence-electron chi connectivity index (χ0n) is 17.3. The van der Waals surface area contributed by atoms with Crippen LogP contribution < -0.4 is 0 Å². The fourth-order valence-corrected chi connectivity index (χ4v) is 5.77. The highest BCUT2D eigenvalue weighted by Crippen LogP contribution is 2.55. The van der Waals surface area contributed by atoms with Gasteiger partial charge in [0.05, 0.1) is 5.92 Å². The Labute approximate surface area is 184 Å². The first-order valence-electron chi connectivity index (χ1n) is 10.7. The molecule has 0 aromatic heterocycles. The van der Waals surface area contributed by atoms with Crippen molar-refractivity contribution in [2.75, 3.05) is 13.1 Å². The highest BCUT2D eigenvalue weighted by atomic mass is 19.4. The minimum atomic E-state index is -6.16. The quantitative estimate of drug-likeness (QED) is 0.621. The van der Waals surface area contributed by atoms with Gasteiger partial charge in [-0.15, -0.1) is 0 Å². The lowest BCUT2D eigenvalue weighted by Gasteiger charge is -2.35. The minimum absolute atomic E-state index is 0.134. The molecule has 1 heterocycles. The van der Waals surface area contributed by atoms with E-state index in [1.165, 1.54) is 4.90 Å². The smallest absolute Gasteiger partial charge is 0.435 e. The number of halogens is 7. The molecule has 1 aromatic carbocycles. The Kier molecular flexibility index (Phi) is 5.68. The number of rotatable bonds is 3. The van der Waals surface area contributed by atoms with Crippen LogP contribution in [0.2, 0.25) is 0 Å². The molecule has 3 aliphatic rings. The molecule has 11 heteroatoms. The number of nitrogens with zero attached hydrogens (tertiary/aromatic N) is 1. The number of carboxylic acids is 1. The number of hydrogen-bond acceptors (Lipinski definition) is 2. The number of alkyl halides is 7. The van der Waals surface area contributed by atoms with Crippen LogP contribution in [0.3, 0.4) is 0 Å². The summed E-state index contributed by atoms with van der Waals surface area (Å²) in [7, 11) is 0. The summed E-state index contributed by atoms with van der Waals surface area (Å²) in [6.45, 7) is 0.479. The number of aliphatic carboxylic acids is 1. The Hall–Kier alpha value is -2.33. The van der Waals surface area contributed by atoms with Crippen LogP contribution in [0, 0.1) is 17.8 Å². The lowest BCUT2D eigenvalue weighted by atomic mass is 9.73. The van der Waals surface area contributed by atoms with E-state index in [1.807, 2.05) is 0 Å². The van der Waals surface area contributed by atoms with E-state index in [-0.39, 0.29) is 42.2 Å². The minimum Gasteiger partial charge on any atom is -0.481 e. The summed E-state index contributed by atoms with van der Waals surface area (Å²) in [4.78, 5) is 25.7. The van der Waals surface area contributed by atoms with Gasteiger partial charge in [0.25, 0.3) is 0 Å². The summed E-state index contributed by atoms with van der Waals surface area (Å²) in [5.74, 6) is -2.46. The molecule has 4 nitrogen and oxygen atoms in total. The topological polar surface area (TPSA) is 57.6 Å². The Balaban J connectivity index is 1.57. The van der Waals surface area contributed by atoms with Crippen LogP contribution in [0.15, 0.2) is 18.2 Å². The van der Waals surface area contributed by atoms with E-state index in [9.17, 15) is 40.3 Å². The molecule has 1 saturated heterocycles. The zero-order valence-corrected chi connectivity index (χ0v) is 17.3. The number of carbonyl (C=O) groups excluding carboxylic acids is 1. The van der Waals surface area contributed by atoms with Crippen molar-refractivity contribution in [3.63, 3.8) is 0 Å². The van der Waals surface area contributed by atoms with Crippen LogP contribution in [0.5, 0.6) is 0 Å². The van der Waals surface area contributed by atoms with Crippen LogP contribution >= 0.6 is 0 Å². The summed E-state index contributed by atoms with van der Waals surface area (Å²) in [5, 5.41) is 9.15. The Morgan fingerprint density at radius 2 is 1.61 bits per heavy atom. The highest BCUT2D eigenvalue weighted by Gasteiger charge is 2.73. The number of benzene rings is 1. The SMILES string of the molecule is O=C(O)C1CCN(C(=O)[C@@H]2CC[C@H]3c4ccc(C(F)(C(F)(F)F)C(F)(F)F)cc4CC[C@@H]23)C1. The molecule has 2 aliphatic carbocycles. The first-order chi connectivity index (χ1) is 15.3. The van der Waals surface area contributed by atoms with E-state index in [4.69, 9.17) is 5.11 Å². The van der Waals surface area contributed by atoms with Crippen LogP contribution in [-0.2, 0) is 21.7 Å². The number of likely N-dealkylation sites (tertiary alicyclic amines) is 1. The lowest BCUT2D eigenvalue weighted by Crippen LogP contribution is -2.50. The Morgan fingerprint density at radius 1 is 0.939 bits per heavy atom. The first kappa shape index (κ1) is 23.8. The van der Waals surface area contributed by atoms with Crippen LogP contribution in [0.1, 0.15) is 48.3 Å². The van der Waals surface area contributed by atoms with E-state index < -0.39 is 35.5 Å². The van der Waals surface area contributed by atoms with Crippen molar-refractivity contribution in [2.24, 2.45) is 17.8 Å². The molecule has 4 atom stereocenters. The molecule has 1 unspecified atom stereocenters. The summed E-state index contributed by atoms with van der Waals surface area (Å²) < 4.78 is 93.2. The number of carbonyl (C=O) groups is 2. The van der Waals surface area contributed by atoms with E-state index >= 15 is 0 Å². The van der Waals surface area contributed by atoms with Gasteiger partial charge in [0.15, 0.2) is 0 Å². The molecule has 4 rings (SSSR count). The van der Waals surface area contributed by atoms with Crippen molar-refractivity contribution in [3.05, 3.63) is 34.9 Å². The van der Waals surface area contributed by atoms with E-state index in [0.29, 0.717) is 49.9 Å². The molecule has 1 aliphatic heterocycles. The monoisotopic (exact) mass is 481 g/mol. The molecule has 1 aromatic rings. The molecular formula is C22H22F7NO3. The van der Waals surface area contributed by atoms with Gasteiger partial charge in [-0.2, -0.15) is 26.3 Å². The van der Waals surface area contributed by atoms with Gasteiger partial charge in [-0.05, 0) is 55.1 Å². The molecule has 0 spiro atoms. The fourth-order valence-electron chi connectivity index (χ4n) is 5.77. The van der Waals surface area contributed by atoms with Gasteiger partial charge >= 0.3 is 24.0 Å². The molecule has 0 bridgehead atoms. The van der Waals surface area contributed by atoms with Crippen molar-refractivity contribution < 1.29 is 45.4 Å². The first-order valence-corrected chi connectivity index (χ1v) is 10.7. The maximum absolute atomic E-state index is 14.5. The second-order valence-electron chi connectivity index (χ2n) is 9.17. The van der Waals surface area contributed by atoms with Gasteiger partial charge in [-0.1, -0.05) is 18.2 Å². The zero-order chi connectivity index (χ0) is 24.3. The third-order valence-corrected chi connectivity index (χ3v) is 7.46. The predicted octanol–water partition coefficient (Wildman–Crippen LogP) is 4.97.